The van der Waals surface area contributed by atoms with Crippen LogP contribution in [0.4, 0.5) is 0 Å². The number of pyridine rings is 1. The first kappa shape index (κ1) is 15.4. The molecule has 114 valence electrons. The first-order valence-electron chi connectivity index (χ1n) is 6.51. The lowest BCUT2D eigenvalue weighted by atomic mass is 10.1. The zero-order valence-corrected chi connectivity index (χ0v) is 13.8. The minimum Gasteiger partial charge on any atom is -0.465 e. The Labute approximate surface area is 142 Å². The van der Waals surface area contributed by atoms with Crippen LogP contribution in [0.3, 0.4) is 0 Å². The summed E-state index contributed by atoms with van der Waals surface area (Å²) in [7, 11) is 1.31. The molecule has 0 bridgehead atoms. The molecule has 0 N–H and O–H groups in total. The van der Waals surface area contributed by atoms with Crippen LogP contribution < -0.4 is 0 Å². The molecular formula is C15H11Cl3N2O2. The second-order valence-corrected chi connectivity index (χ2v) is 5.97. The molecule has 0 fully saturated rings. The number of fused-ring (bicyclic) bond motifs is 1. The number of methoxy groups -OCH3 is 1. The van der Waals surface area contributed by atoms with Crippen LogP contribution in [0, 0.1) is 0 Å². The largest absolute Gasteiger partial charge is 0.465 e. The van der Waals surface area contributed by atoms with Crippen molar-refractivity contribution in [3.05, 3.63) is 44.8 Å². The Morgan fingerprint density at radius 3 is 2.82 bits per heavy atom. The molecular weight excluding hydrogens is 347 g/mol. The van der Waals surface area contributed by atoms with Gasteiger partial charge in [0.05, 0.1) is 23.5 Å². The summed E-state index contributed by atoms with van der Waals surface area (Å²) >= 11 is 18.8. The monoisotopic (exact) mass is 356 g/mol. The molecule has 0 atom stereocenters. The smallest absolute Gasteiger partial charge is 0.341 e. The van der Waals surface area contributed by atoms with Gasteiger partial charge in [-0.05, 0) is 18.2 Å². The highest BCUT2D eigenvalue weighted by Gasteiger charge is 2.29. The highest BCUT2D eigenvalue weighted by molar-refractivity contribution is 6.38. The molecule has 0 aliphatic carbocycles. The molecule has 7 heteroatoms. The van der Waals surface area contributed by atoms with Crippen molar-refractivity contribution < 1.29 is 9.53 Å². The van der Waals surface area contributed by atoms with Crippen molar-refractivity contribution in [3.8, 4) is 11.3 Å². The van der Waals surface area contributed by atoms with Gasteiger partial charge in [0.15, 0.2) is 0 Å². The maximum atomic E-state index is 12.1. The van der Waals surface area contributed by atoms with Gasteiger partial charge in [0.25, 0.3) is 0 Å². The lowest BCUT2D eigenvalue weighted by Gasteiger charge is -2.16. The molecule has 1 aliphatic heterocycles. The molecule has 3 heterocycles. The van der Waals surface area contributed by atoms with E-state index in [-0.39, 0.29) is 5.56 Å². The zero-order valence-electron chi connectivity index (χ0n) is 11.6. The fraction of sp³-hybridized carbons (Fsp3) is 0.200. The van der Waals surface area contributed by atoms with Crippen molar-refractivity contribution >= 4 is 46.8 Å². The topological polar surface area (TPSA) is 44.1 Å². The predicted molar refractivity (Wildman–Crippen MR) is 87.5 cm³/mol. The fourth-order valence-corrected chi connectivity index (χ4v) is 3.32. The first-order valence-corrected chi connectivity index (χ1v) is 7.65. The molecule has 2 aromatic rings. The van der Waals surface area contributed by atoms with Crippen LogP contribution in [0.2, 0.25) is 10.2 Å². The van der Waals surface area contributed by atoms with Gasteiger partial charge in [0.1, 0.15) is 10.7 Å². The highest BCUT2D eigenvalue weighted by atomic mass is 35.5. The third kappa shape index (κ3) is 2.41. The molecule has 0 radical (unpaired) electrons. The van der Waals surface area contributed by atoms with Crippen molar-refractivity contribution in [2.24, 2.45) is 0 Å². The number of carbonyl (C=O) groups is 1. The molecule has 3 rings (SSSR count). The van der Waals surface area contributed by atoms with Gasteiger partial charge in [0.2, 0.25) is 0 Å². The van der Waals surface area contributed by atoms with E-state index in [1.54, 1.807) is 18.3 Å². The number of carbonyl (C=O) groups excluding carboxylic acids is 1. The lowest BCUT2D eigenvalue weighted by Crippen LogP contribution is -2.10. The summed E-state index contributed by atoms with van der Waals surface area (Å²) in [5.41, 5.74) is 2.23. The van der Waals surface area contributed by atoms with Crippen LogP contribution in [-0.4, -0.2) is 22.6 Å². The Morgan fingerprint density at radius 2 is 2.14 bits per heavy atom. The number of ether oxygens (including phenoxy) is 1. The third-order valence-electron chi connectivity index (χ3n) is 3.52. The Morgan fingerprint density at radius 1 is 1.36 bits per heavy atom. The first-order chi connectivity index (χ1) is 10.5. The fourth-order valence-electron chi connectivity index (χ4n) is 2.55. The number of esters is 1. The second kappa shape index (κ2) is 5.95. The summed E-state index contributed by atoms with van der Waals surface area (Å²) in [6, 6.07) is 3.58. The van der Waals surface area contributed by atoms with E-state index in [0.717, 1.165) is 0 Å². The summed E-state index contributed by atoms with van der Waals surface area (Å²) in [6.45, 7) is 0.599. The molecule has 0 unspecified atom stereocenters. The van der Waals surface area contributed by atoms with E-state index < -0.39 is 5.97 Å². The number of halogens is 3. The van der Waals surface area contributed by atoms with E-state index in [2.05, 4.69) is 4.98 Å². The van der Waals surface area contributed by atoms with Gasteiger partial charge in [-0.3, -0.25) is 0 Å². The highest BCUT2D eigenvalue weighted by Crippen LogP contribution is 2.41. The van der Waals surface area contributed by atoms with Gasteiger partial charge >= 0.3 is 5.97 Å². The minimum atomic E-state index is -0.511. The quantitative estimate of drug-likeness (QED) is 0.581. The van der Waals surface area contributed by atoms with E-state index in [4.69, 9.17) is 39.5 Å². The normalized spacial score (nSPS) is 13.5. The van der Waals surface area contributed by atoms with Gasteiger partial charge in [-0.2, -0.15) is 0 Å². The number of hydrogen-bond acceptors (Lipinski definition) is 3. The van der Waals surface area contributed by atoms with Gasteiger partial charge in [-0.25, -0.2) is 9.78 Å². The van der Waals surface area contributed by atoms with Crippen LogP contribution in [0.15, 0.2) is 23.4 Å². The maximum absolute atomic E-state index is 12.1. The van der Waals surface area contributed by atoms with Crippen molar-refractivity contribution in [1.82, 2.24) is 9.55 Å². The summed E-state index contributed by atoms with van der Waals surface area (Å²) in [5, 5.41) is 1.27. The van der Waals surface area contributed by atoms with E-state index in [1.165, 1.54) is 7.11 Å². The van der Waals surface area contributed by atoms with E-state index >= 15 is 0 Å². The third-order valence-corrected chi connectivity index (χ3v) is 4.48. The summed E-state index contributed by atoms with van der Waals surface area (Å²) < 4.78 is 6.76. The van der Waals surface area contributed by atoms with Crippen LogP contribution in [0.1, 0.15) is 22.5 Å². The average Bonchev–Trinajstić information content (AvgIpc) is 2.78. The van der Waals surface area contributed by atoms with Gasteiger partial charge in [-0.1, -0.05) is 34.8 Å². The Bertz CT molecular complexity index is 796. The Kier molecular flexibility index (Phi) is 4.17. The summed E-state index contributed by atoms with van der Waals surface area (Å²) in [5.74, 6) is -0.511. The maximum Gasteiger partial charge on any atom is 0.341 e. The molecule has 0 aromatic carbocycles. The molecule has 0 spiro atoms. The molecule has 4 nitrogen and oxygen atoms in total. The zero-order chi connectivity index (χ0) is 15.9. The van der Waals surface area contributed by atoms with Crippen molar-refractivity contribution in [2.45, 2.75) is 13.0 Å². The predicted octanol–water partition coefficient (Wildman–Crippen LogP) is 4.63. The molecule has 2 aromatic heterocycles. The molecule has 1 aliphatic rings. The summed E-state index contributed by atoms with van der Waals surface area (Å²) in [6.07, 6.45) is 3.99. The van der Waals surface area contributed by atoms with E-state index in [0.29, 0.717) is 45.1 Å². The molecule has 0 saturated carbocycles. The molecule has 0 saturated heterocycles. The minimum absolute atomic E-state index is 0.289. The van der Waals surface area contributed by atoms with Gasteiger partial charge in [0, 0.05) is 29.8 Å². The molecule has 22 heavy (non-hydrogen) atoms. The van der Waals surface area contributed by atoms with E-state index in [9.17, 15) is 4.79 Å². The average molecular weight is 358 g/mol. The molecule has 0 amide bonds. The van der Waals surface area contributed by atoms with Gasteiger partial charge < -0.3 is 9.30 Å². The Balaban J connectivity index is 2.33. The van der Waals surface area contributed by atoms with Crippen LogP contribution in [0.5, 0.6) is 0 Å². The van der Waals surface area contributed by atoms with Crippen molar-refractivity contribution in [3.63, 3.8) is 0 Å². The van der Waals surface area contributed by atoms with Crippen LogP contribution >= 0.6 is 34.8 Å². The number of allylic oxidation sites excluding steroid dienone is 1. The SMILES string of the molecule is COC(=O)c1c(Cl)c(-c2cccnc2Cl)n2c1C=C(Cl)CC2. The van der Waals surface area contributed by atoms with E-state index in [1.807, 2.05) is 10.6 Å². The number of rotatable bonds is 2. The van der Waals surface area contributed by atoms with Gasteiger partial charge in [-0.15, -0.1) is 0 Å². The number of nitrogens with zero attached hydrogens (tertiary/aromatic N) is 2. The van der Waals surface area contributed by atoms with Crippen LogP contribution in [-0.2, 0) is 11.3 Å². The second-order valence-electron chi connectivity index (χ2n) is 4.75. The number of aromatic nitrogens is 2. The number of hydrogen-bond donors (Lipinski definition) is 0. The van der Waals surface area contributed by atoms with Crippen molar-refractivity contribution in [1.29, 1.82) is 0 Å². The summed E-state index contributed by atoms with van der Waals surface area (Å²) in [4.78, 5) is 16.2. The lowest BCUT2D eigenvalue weighted by molar-refractivity contribution is 0.0600. The van der Waals surface area contributed by atoms with Crippen molar-refractivity contribution in [2.75, 3.05) is 7.11 Å². The Hall–Kier alpha value is -1.49. The van der Waals surface area contributed by atoms with Crippen LogP contribution in [0.25, 0.3) is 17.3 Å². The standard InChI is InChI=1S/C15H11Cl3N2O2/c1-22-15(21)11-10-7-8(16)4-6-20(10)13(12(11)17)9-3-2-5-19-14(9)18/h2-3,5,7H,4,6H2,1H3.